The van der Waals surface area contributed by atoms with Crippen LogP contribution in [0.25, 0.3) is 22.3 Å². The fraction of sp³-hybridized carbons (Fsp3) is 0.278. The summed E-state index contributed by atoms with van der Waals surface area (Å²) in [6.07, 6.45) is 1.56. The number of halogens is 1. The first kappa shape index (κ1) is 31.7. The lowest BCUT2D eigenvalue weighted by atomic mass is 9.99. The Morgan fingerprint density at radius 2 is 1.77 bits per heavy atom. The summed E-state index contributed by atoms with van der Waals surface area (Å²) < 4.78 is 44.8. The van der Waals surface area contributed by atoms with Gasteiger partial charge in [-0.3, -0.25) is 0 Å². The van der Waals surface area contributed by atoms with Crippen molar-refractivity contribution >= 4 is 17.0 Å². The Balaban J connectivity index is 0.000000898. The number of benzene rings is 3. The number of fused-ring (bicyclic) bond motifs is 7. The van der Waals surface area contributed by atoms with E-state index in [4.69, 9.17) is 28.7 Å². The molecule has 11 heteroatoms. The summed E-state index contributed by atoms with van der Waals surface area (Å²) in [4.78, 5) is 21.6. The van der Waals surface area contributed by atoms with E-state index in [1.807, 2.05) is 17.7 Å². The van der Waals surface area contributed by atoms with E-state index < -0.39 is 11.8 Å². The molecule has 2 aliphatic heterocycles. The second-order valence-corrected chi connectivity index (χ2v) is 11.1. The first-order valence-corrected chi connectivity index (χ1v) is 15.1. The number of esters is 1. The number of nitrogens with zero attached hydrogens (tertiary/aromatic N) is 4. The highest BCUT2D eigenvalue weighted by Crippen LogP contribution is 2.32. The van der Waals surface area contributed by atoms with Gasteiger partial charge in [-0.15, -0.1) is 0 Å². The zero-order valence-corrected chi connectivity index (χ0v) is 26.3. The van der Waals surface area contributed by atoms with Gasteiger partial charge in [0.2, 0.25) is 5.88 Å². The van der Waals surface area contributed by atoms with Crippen LogP contribution in [0.3, 0.4) is 0 Å². The second kappa shape index (κ2) is 14.0. The molecular formula is C36H33FN4O6. The molecule has 2 aliphatic rings. The standard InChI is InChI=1S/C33H27FN4O5.C3H6O/c1-38-28-12-22(33(39)41-3)13-29(40-2)32(28)37-30(38)14-21-11-26(34)25-10-24(21)17-42-16-23-9-19(15-35)7-8-20(23)18-43-31-6-4-5-27(25)36-31;1-2-4-3-1/h4-13H,14,16-18H2,1-3H3;1-3H2. The number of imidazole rings is 1. The van der Waals surface area contributed by atoms with Gasteiger partial charge >= 0.3 is 5.97 Å². The van der Waals surface area contributed by atoms with Crippen LogP contribution in [0.2, 0.25) is 0 Å². The number of aryl methyl sites for hydroxylation is 1. The highest BCUT2D eigenvalue weighted by Gasteiger charge is 2.20. The predicted octanol–water partition coefficient (Wildman–Crippen LogP) is 6.05. The van der Waals surface area contributed by atoms with Gasteiger partial charge in [0.15, 0.2) is 0 Å². The topological polar surface area (TPSA) is 118 Å². The van der Waals surface area contributed by atoms with Gasteiger partial charge < -0.3 is 28.3 Å². The maximum atomic E-state index is 15.7. The SMILES string of the molecule is C1COC1.COC(=O)c1cc(OC)c2nc(Cc3cc(F)c4cc3COCc3cc(C#N)ccc3COc3cccc-4n3)n(C)c2c1. The van der Waals surface area contributed by atoms with Crippen LogP contribution < -0.4 is 9.47 Å². The molecule has 0 atom stereocenters. The van der Waals surface area contributed by atoms with Crippen molar-refractivity contribution in [2.24, 2.45) is 7.05 Å². The van der Waals surface area contributed by atoms with Crippen molar-refractivity contribution < 1.29 is 32.9 Å². The summed E-state index contributed by atoms with van der Waals surface area (Å²) >= 11 is 0. The van der Waals surface area contributed by atoms with Crippen molar-refractivity contribution in [2.75, 3.05) is 27.4 Å². The van der Waals surface area contributed by atoms with E-state index >= 15 is 4.39 Å². The lowest BCUT2D eigenvalue weighted by molar-refractivity contribution is 0.0367. The largest absolute Gasteiger partial charge is 0.494 e. The lowest BCUT2D eigenvalue weighted by Gasteiger charge is -2.14. The van der Waals surface area contributed by atoms with Crippen molar-refractivity contribution in [2.45, 2.75) is 32.7 Å². The van der Waals surface area contributed by atoms with Gasteiger partial charge in [0.1, 0.15) is 29.5 Å². The number of methoxy groups -OCH3 is 2. The third-order valence-electron chi connectivity index (χ3n) is 8.13. The van der Waals surface area contributed by atoms with Gasteiger partial charge in [0, 0.05) is 38.3 Å². The van der Waals surface area contributed by atoms with Crippen LogP contribution in [-0.4, -0.2) is 47.9 Å². The Kier molecular flexibility index (Phi) is 9.42. The minimum Gasteiger partial charge on any atom is -0.494 e. The van der Waals surface area contributed by atoms with Crippen LogP contribution >= 0.6 is 0 Å². The highest BCUT2D eigenvalue weighted by atomic mass is 19.1. The first-order valence-electron chi connectivity index (χ1n) is 15.1. The molecule has 4 heterocycles. The molecule has 0 unspecified atom stereocenters. The number of pyridine rings is 1. The molecule has 0 aliphatic carbocycles. The molecule has 240 valence electrons. The molecule has 47 heavy (non-hydrogen) atoms. The average molecular weight is 637 g/mol. The van der Waals surface area contributed by atoms with E-state index in [0.29, 0.717) is 56.4 Å². The number of carbonyl (C=O) groups is 1. The van der Waals surface area contributed by atoms with Crippen LogP contribution in [0.15, 0.2) is 60.7 Å². The Bertz CT molecular complexity index is 1990. The van der Waals surface area contributed by atoms with Gasteiger partial charge in [-0.05, 0) is 71.1 Å². The summed E-state index contributed by atoms with van der Waals surface area (Å²) in [5.41, 5.74) is 5.99. The normalized spacial score (nSPS) is 13.6. The number of aromatic nitrogens is 3. The smallest absolute Gasteiger partial charge is 0.338 e. The maximum absolute atomic E-state index is 15.7. The Hall–Kier alpha value is -5.31. The first-order chi connectivity index (χ1) is 22.9. The van der Waals surface area contributed by atoms with Crippen molar-refractivity contribution in [1.82, 2.24) is 14.5 Å². The van der Waals surface area contributed by atoms with E-state index in [9.17, 15) is 10.1 Å². The molecule has 0 radical (unpaired) electrons. The number of carbonyl (C=O) groups excluding carboxylic acids is 1. The van der Waals surface area contributed by atoms with E-state index in [2.05, 4.69) is 11.1 Å². The fourth-order valence-electron chi connectivity index (χ4n) is 5.36. The number of rotatable bonds is 4. The molecular weight excluding hydrogens is 603 g/mol. The monoisotopic (exact) mass is 636 g/mol. The molecule has 1 fully saturated rings. The number of hydrogen-bond acceptors (Lipinski definition) is 9. The third-order valence-corrected chi connectivity index (χ3v) is 8.13. The highest BCUT2D eigenvalue weighted by molar-refractivity contribution is 5.96. The van der Waals surface area contributed by atoms with Crippen molar-refractivity contribution in [3.8, 4) is 29.0 Å². The summed E-state index contributed by atoms with van der Waals surface area (Å²) in [7, 11) is 4.66. The minimum atomic E-state index is -0.490. The maximum Gasteiger partial charge on any atom is 0.338 e. The quantitative estimate of drug-likeness (QED) is 0.217. The average Bonchev–Trinajstić information content (AvgIpc) is 3.37. The van der Waals surface area contributed by atoms with Crippen LogP contribution in [0.4, 0.5) is 4.39 Å². The van der Waals surface area contributed by atoms with E-state index in [1.54, 1.807) is 48.5 Å². The number of nitriles is 1. The van der Waals surface area contributed by atoms with Gasteiger partial charge in [0.25, 0.3) is 0 Å². The van der Waals surface area contributed by atoms with Gasteiger partial charge in [-0.1, -0.05) is 12.1 Å². The summed E-state index contributed by atoms with van der Waals surface area (Å²) in [6.45, 7) is 2.63. The summed E-state index contributed by atoms with van der Waals surface area (Å²) in [5.74, 6) is 0.496. The zero-order chi connectivity index (χ0) is 32.9. The van der Waals surface area contributed by atoms with Crippen molar-refractivity contribution in [1.29, 1.82) is 5.26 Å². The second-order valence-electron chi connectivity index (χ2n) is 11.1. The molecule has 4 bridgehead atoms. The number of ether oxygens (including phenoxy) is 5. The summed E-state index contributed by atoms with van der Waals surface area (Å²) in [6, 6.07) is 19.3. The third kappa shape index (κ3) is 6.79. The lowest BCUT2D eigenvalue weighted by Crippen LogP contribution is -2.09. The molecule has 1 saturated heterocycles. The van der Waals surface area contributed by atoms with Crippen molar-refractivity contribution in [3.63, 3.8) is 0 Å². The molecule has 0 amide bonds. The van der Waals surface area contributed by atoms with Gasteiger partial charge in [-0.25, -0.2) is 19.2 Å². The molecule has 7 rings (SSSR count). The number of hydrogen-bond donors (Lipinski definition) is 0. The van der Waals surface area contributed by atoms with E-state index in [0.717, 1.165) is 29.9 Å². The molecule has 10 nitrogen and oxygen atoms in total. The Labute approximate surface area is 271 Å². The van der Waals surface area contributed by atoms with E-state index in [1.165, 1.54) is 26.7 Å². The summed E-state index contributed by atoms with van der Waals surface area (Å²) in [5, 5.41) is 9.43. The molecule has 0 N–H and O–H groups in total. The van der Waals surface area contributed by atoms with Crippen LogP contribution in [0, 0.1) is 17.1 Å². The molecule has 0 saturated carbocycles. The van der Waals surface area contributed by atoms with Crippen LogP contribution in [0.1, 0.15) is 50.4 Å². The van der Waals surface area contributed by atoms with Crippen LogP contribution in [0.5, 0.6) is 11.6 Å². The minimum absolute atomic E-state index is 0.180. The predicted molar refractivity (Wildman–Crippen MR) is 170 cm³/mol. The van der Waals surface area contributed by atoms with Crippen LogP contribution in [-0.2, 0) is 47.5 Å². The molecule has 3 aromatic carbocycles. The van der Waals surface area contributed by atoms with Gasteiger partial charge in [0.05, 0.1) is 55.8 Å². The fourth-order valence-corrected chi connectivity index (χ4v) is 5.36. The molecule has 2 aromatic heterocycles. The van der Waals surface area contributed by atoms with Crippen molar-refractivity contribution in [3.05, 3.63) is 106 Å². The Morgan fingerprint density at radius 1 is 0.979 bits per heavy atom. The van der Waals surface area contributed by atoms with Gasteiger partial charge in [-0.2, -0.15) is 5.26 Å². The zero-order valence-electron chi connectivity index (χ0n) is 26.3. The Morgan fingerprint density at radius 3 is 2.49 bits per heavy atom. The molecule has 0 spiro atoms. The van der Waals surface area contributed by atoms with E-state index in [-0.39, 0.29) is 26.2 Å². The molecule has 5 aromatic rings.